The summed E-state index contributed by atoms with van der Waals surface area (Å²) in [6.45, 7) is 10.8. The van der Waals surface area contributed by atoms with Crippen molar-refractivity contribution in [2.24, 2.45) is 0 Å². The monoisotopic (exact) mass is 581 g/mol. The van der Waals surface area contributed by atoms with Crippen LogP contribution in [0.15, 0.2) is 107 Å². The molecule has 1 aliphatic heterocycles. The van der Waals surface area contributed by atoms with Crippen LogP contribution in [0.25, 0.3) is 0 Å². The molecule has 5 rings (SSSR count). The quantitative estimate of drug-likeness (QED) is 0.142. The summed E-state index contributed by atoms with van der Waals surface area (Å²) in [5, 5.41) is 12.7. The Morgan fingerprint density at radius 3 is 1.80 bits per heavy atom. The highest BCUT2D eigenvalue weighted by Gasteiger charge is 2.50. The van der Waals surface area contributed by atoms with Crippen LogP contribution in [0.2, 0.25) is 5.04 Å². The average Bonchev–Trinajstić information content (AvgIpc) is 2.99. The first-order chi connectivity index (χ1) is 19.9. The molecule has 0 bridgehead atoms. The lowest BCUT2D eigenvalue weighted by molar-refractivity contribution is 0.279. The zero-order valence-corrected chi connectivity index (χ0v) is 26.7. The van der Waals surface area contributed by atoms with Gasteiger partial charge in [0.1, 0.15) is 0 Å². The van der Waals surface area contributed by atoms with Crippen LogP contribution in [0.3, 0.4) is 0 Å². The Bertz CT molecular complexity index is 1400. The smallest absolute Gasteiger partial charge is 0.261 e. The van der Waals surface area contributed by atoms with Gasteiger partial charge in [-0.15, -0.1) is 0 Å². The number of unbranched alkanes of at least 4 members (excludes halogenated alkanes) is 3. The van der Waals surface area contributed by atoms with Crippen molar-refractivity contribution in [1.82, 2.24) is 0 Å². The van der Waals surface area contributed by atoms with E-state index in [0.717, 1.165) is 23.4 Å². The summed E-state index contributed by atoms with van der Waals surface area (Å²) in [7, 11) is -2.68. The Labute approximate surface area is 251 Å². The van der Waals surface area contributed by atoms with Crippen LogP contribution in [0, 0.1) is 0 Å². The Morgan fingerprint density at radius 2 is 1.27 bits per heavy atom. The van der Waals surface area contributed by atoms with Crippen LogP contribution in [-0.2, 0) is 17.6 Å². The predicted molar refractivity (Wildman–Crippen MR) is 176 cm³/mol. The molecule has 0 amide bonds. The molecular formula is C36H43NO2SSi. The number of aliphatic hydroxyl groups is 1. The van der Waals surface area contributed by atoms with Gasteiger partial charge in [-0.05, 0) is 45.1 Å². The van der Waals surface area contributed by atoms with Gasteiger partial charge in [-0.3, -0.25) is 0 Å². The van der Waals surface area contributed by atoms with E-state index in [1.807, 2.05) is 6.07 Å². The van der Waals surface area contributed by atoms with Crippen molar-refractivity contribution in [2.75, 3.05) is 11.4 Å². The van der Waals surface area contributed by atoms with Gasteiger partial charge in [0.2, 0.25) is 0 Å². The minimum atomic E-state index is -2.68. The van der Waals surface area contributed by atoms with E-state index in [2.05, 4.69) is 124 Å². The molecule has 4 aromatic carbocycles. The predicted octanol–water partition coefficient (Wildman–Crippen LogP) is 8.44. The van der Waals surface area contributed by atoms with E-state index >= 15 is 0 Å². The normalized spacial score (nSPS) is 13.1. The highest BCUT2D eigenvalue weighted by molar-refractivity contribution is 7.99. The van der Waals surface area contributed by atoms with Crippen LogP contribution < -0.4 is 15.3 Å². The number of nitrogens with zero attached hydrogens (tertiary/aromatic N) is 1. The fourth-order valence-corrected chi connectivity index (χ4v) is 12.0. The SMILES string of the molecule is CCCCCCN1c2cccc(CO)c2Sc2c(CO[Si](c3ccccc3)(c3ccccc3)C(C)(C)C)cccc21. The standard InChI is InChI=1S/C36H43NO2SSi/c1-5-6-7-14-25-37-32-23-15-17-28(26-38)34(32)40-35-29(18-16-24-33(35)37)27-39-41(36(2,3)4,30-19-10-8-11-20-30)31-21-12-9-13-22-31/h8-13,15-24,38H,5-7,14,25-27H2,1-4H3. The maximum atomic E-state index is 10.2. The third-order valence-corrected chi connectivity index (χ3v) is 14.5. The summed E-state index contributed by atoms with van der Waals surface area (Å²) < 4.78 is 7.37. The van der Waals surface area contributed by atoms with Crippen molar-refractivity contribution in [3.8, 4) is 0 Å². The van der Waals surface area contributed by atoms with Gasteiger partial charge in [0.05, 0.1) is 24.6 Å². The molecular weight excluding hydrogens is 539 g/mol. The first-order valence-corrected chi connectivity index (χ1v) is 17.7. The Balaban J connectivity index is 1.57. The molecule has 41 heavy (non-hydrogen) atoms. The number of fused-ring (bicyclic) bond motifs is 2. The summed E-state index contributed by atoms with van der Waals surface area (Å²) in [6.07, 6.45) is 4.84. The molecule has 0 aliphatic carbocycles. The first kappa shape index (κ1) is 29.7. The summed E-state index contributed by atoms with van der Waals surface area (Å²) >= 11 is 1.79. The molecule has 0 radical (unpaired) electrons. The van der Waals surface area contributed by atoms with Crippen LogP contribution in [0.1, 0.15) is 64.5 Å². The van der Waals surface area contributed by atoms with E-state index in [0.29, 0.717) is 6.61 Å². The fraction of sp³-hybridized carbons (Fsp3) is 0.333. The molecule has 0 saturated heterocycles. The van der Waals surface area contributed by atoms with E-state index in [1.165, 1.54) is 51.5 Å². The number of benzene rings is 4. The molecule has 3 nitrogen and oxygen atoms in total. The summed E-state index contributed by atoms with van der Waals surface area (Å²) in [4.78, 5) is 4.88. The molecule has 0 aromatic heterocycles. The first-order valence-electron chi connectivity index (χ1n) is 15.0. The van der Waals surface area contributed by atoms with Gasteiger partial charge >= 0.3 is 0 Å². The number of rotatable bonds is 11. The maximum Gasteiger partial charge on any atom is 0.261 e. The van der Waals surface area contributed by atoms with Crippen molar-refractivity contribution >= 4 is 41.8 Å². The van der Waals surface area contributed by atoms with E-state index in [-0.39, 0.29) is 11.6 Å². The number of hydrogen-bond donors (Lipinski definition) is 1. The van der Waals surface area contributed by atoms with Crippen molar-refractivity contribution in [3.63, 3.8) is 0 Å². The average molecular weight is 582 g/mol. The Kier molecular flexibility index (Phi) is 9.40. The van der Waals surface area contributed by atoms with Crippen LogP contribution in [-0.4, -0.2) is 20.0 Å². The molecule has 0 fully saturated rings. The van der Waals surface area contributed by atoms with Crippen LogP contribution in [0.5, 0.6) is 0 Å². The minimum absolute atomic E-state index is 0.0376. The van der Waals surface area contributed by atoms with Gasteiger partial charge in [0.15, 0.2) is 0 Å². The highest BCUT2D eigenvalue weighted by Crippen LogP contribution is 2.51. The van der Waals surface area contributed by atoms with E-state index in [4.69, 9.17) is 4.43 Å². The molecule has 0 unspecified atom stereocenters. The Morgan fingerprint density at radius 1 is 0.707 bits per heavy atom. The second kappa shape index (κ2) is 13.0. The third kappa shape index (κ3) is 5.91. The molecule has 214 valence electrons. The topological polar surface area (TPSA) is 32.7 Å². The van der Waals surface area contributed by atoms with Gasteiger partial charge in [-0.25, -0.2) is 0 Å². The fourth-order valence-electron chi connectivity index (χ4n) is 6.16. The van der Waals surface area contributed by atoms with Crippen molar-refractivity contribution in [1.29, 1.82) is 0 Å². The van der Waals surface area contributed by atoms with E-state index in [1.54, 1.807) is 11.8 Å². The third-order valence-electron chi connectivity index (χ3n) is 8.20. The van der Waals surface area contributed by atoms with Crippen molar-refractivity contribution < 1.29 is 9.53 Å². The van der Waals surface area contributed by atoms with Gasteiger partial charge in [-0.2, -0.15) is 0 Å². The van der Waals surface area contributed by atoms with Gasteiger partial charge < -0.3 is 14.4 Å². The second-order valence-electron chi connectivity index (χ2n) is 12.0. The van der Waals surface area contributed by atoms with Crippen LogP contribution >= 0.6 is 11.8 Å². The largest absolute Gasteiger partial charge is 0.403 e. The van der Waals surface area contributed by atoms with E-state index < -0.39 is 8.32 Å². The van der Waals surface area contributed by atoms with Crippen molar-refractivity contribution in [3.05, 3.63) is 108 Å². The summed E-state index contributed by atoms with van der Waals surface area (Å²) in [6, 6.07) is 34.7. The lowest BCUT2D eigenvalue weighted by Gasteiger charge is -2.43. The highest BCUT2D eigenvalue weighted by atomic mass is 32.2. The Hall–Kier alpha value is -2.83. The molecule has 1 heterocycles. The van der Waals surface area contributed by atoms with Gasteiger partial charge in [-0.1, -0.05) is 144 Å². The number of anilines is 2. The maximum absolute atomic E-state index is 10.2. The zero-order chi connectivity index (χ0) is 28.9. The zero-order valence-electron chi connectivity index (χ0n) is 24.9. The molecule has 0 atom stereocenters. The second-order valence-corrected chi connectivity index (χ2v) is 17.3. The van der Waals surface area contributed by atoms with Crippen LogP contribution in [0.4, 0.5) is 11.4 Å². The summed E-state index contributed by atoms with van der Waals surface area (Å²) in [5.41, 5.74) is 4.64. The molecule has 5 heteroatoms. The molecule has 0 saturated carbocycles. The van der Waals surface area contributed by atoms with Gasteiger partial charge in [0, 0.05) is 16.3 Å². The lowest BCUT2D eigenvalue weighted by atomic mass is 10.1. The van der Waals surface area contributed by atoms with E-state index in [9.17, 15) is 5.11 Å². The minimum Gasteiger partial charge on any atom is -0.403 e. The molecule has 1 aliphatic rings. The number of aliphatic hydroxyl groups excluding tert-OH is 1. The lowest BCUT2D eigenvalue weighted by Crippen LogP contribution is -2.66. The van der Waals surface area contributed by atoms with Gasteiger partial charge in [0.25, 0.3) is 8.32 Å². The molecule has 0 spiro atoms. The molecule has 4 aromatic rings. The summed E-state index contributed by atoms with van der Waals surface area (Å²) in [5.74, 6) is 0. The number of hydrogen-bond acceptors (Lipinski definition) is 4. The van der Waals surface area contributed by atoms with Crippen molar-refractivity contribution in [2.45, 2.75) is 81.4 Å². The molecule has 1 N–H and O–H groups in total.